The molecular formula is C21H21Cl2F3N2O2. The second-order valence-electron chi connectivity index (χ2n) is 7.16. The normalized spacial score (nSPS) is 17.7. The van der Waals surface area contributed by atoms with E-state index in [9.17, 15) is 18.0 Å². The van der Waals surface area contributed by atoms with Gasteiger partial charge in [0.05, 0.1) is 34.7 Å². The molecule has 2 aromatic carbocycles. The molecule has 1 saturated heterocycles. The molecule has 1 heterocycles. The van der Waals surface area contributed by atoms with Crippen molar-refractivity contribution in [1.82, 2.24) is 10.2 Å². The standard InChI is InChI=1S/C21H21Cl2F3N2O2/c22-18-5-4-15(9-19(18)23)12-28-6-7-30-17(13-28)11-27-20(29)10-14-2-1-3-16(8-14)21(24,25)26/h1-5,8-9,17H,6-7,10-13H2,(H,27,29). The number of morpholine rings is 1. The zero-order valence-corrected chi connectivity index (χ0v) is 17.5. The maximum atomic E-state index is 12.8. The van der Waals surface area contributed by atoms with Crippen molar-refractivity contribution in [2.75, 3.05) is 26.2 Å². The van der Waals surface area contributed by atoms with Crippen molar-refractivity contribution < 1.29 is 22.7 Å². The van der Waals surface area contributed by atoms with E-state index in [2.05, 4.69) is 10.2 Å². The van der Waals surface area contributed by atoms with E-state index in [1.807, 2.05) is 12.1 Å². The summed E-state index contributed by atoms with van der Waals surface area (Å²) in [5.74, 6) is -0.348. The highest BCUT2D eigenvalue weighted by atomic mass is 35.5. The van der Waals surface area contributed by atoms with E-state index >= 15 is 0 Å². The van der Waals surface area contributed by atoms with Crippen LogP contribution in [0.5, 0.6) is 0 Å². The van der Waals surface area contributed by atoms with Crippen molar-refractivity contribution in [2.24, 2.45) is 0 Å². The fraction of sp³-hybridized carbons (Fsp3) is 0.381. The van der Waals surface area contributed by atoms with Gasteiger partial charge in [-0.15, -0.1) is 0 Å². The monoisotopic (exact) mass is 460 g/mol. The first-order chi connectivity index (χ1) is 14.2. The Bertz CT molecular complexity index is 893. The van der Waals surface area contributed by atoms with Crippen LogP contribution in [-0.2, 0) is 28.7 Å². The number of alkyl halides is 3. The average molecular weight is 461 g/mol. The number of hydrogen-bond donors (Lipinski definition) is 1. The molecule has 0 aromatic heterocycles. The van der Waals surface area contributed by atoms with Crippen LogP contribution in [-0.4, -0.2) is 43.2 Å². The molecule has 2 aromatic rings. The molecule has 1 amide bonds. The Balaban J connectivity index is 1.48. The first kappa shape index (κ1) is 22.9. The van der Waals surface area contributed by atoms with Crippen molar-refractivity contribution in [3.63, 3.8) is 0 Å². The topological polar surface area (TPSA) is 41.6 Å². The van der Waals surface area contributed by atoms with E-state index in [0.29, 0.717) is 35.3 Å². The number of nitrogens with zero attached hydrogens (tertiary/aromatic N) is 1. The first-order valence-corrected chi connectivity index (χ1v) is 10.2. The van der Waals surface area contributed by atoms with Gasteiger partial charge in [-0.2, -0.15) is 13.2 Å². The molecule has 1 N–H and O–H groups in total. The molecule has 3 rings (SSSR count). The lowest BCUT2D eigenvalue weighted by molar-refractivity contribution is -0.137. The third-order valence-electron chi connectivity index (χ3n) is 4.76. The van der Waals surface area contributed by atoms with Crippen molar-refractivity contribution in [1.29, 1.82) is 0 Å². The van der Waals surface area contributed by atoms with Crippen LogP contribution in [0, 0.1) is 0 Å². The zero-order valence-electron chi connectivity index (χ0n) is 16.0. The highest BCUT2D eigenvalue weighted by Crippen LogP contribution is 2.29. The lowest BCUT2D eigenvalue weighted by Gasteiger charge is -2.33. The molecule has 1 fully saturated rings. The Labute approximate surface area is 182 Å². The van der Waals surface area contributed by atoms with E-state index in [1.54, 1.807) is 6.07 Å². The summed E-state index contributed by atoms with van der Waals surface area (Å²) in [5.41, 5.74) is 0.577. The summed E-state index contributed by atoms with van der Waals surface area (Å²) in [4.78, 5) is 14.4. The summed E-state index contributed by atoms with van der Waals surface area (Å²) in [6.07, 6.45) is -4.75. The quantitative estimate of drug-likeness (QED) is 0.686. The van der Waals surface area contributed by atoms with Gasteiger partial charge < -0.3 is 10.1 Å². The molecule has 1 aliphatic rings. The summed E-state index contributed by atoms with van der Waals surface area (Å²) in [6, 6.07) is 10.3. The minimum Gasteiger partial charge on any atom is -0.374 e. The van der Waals surface area contributed by atoms with Gasteiger partial charge in [0.2, 0.25) is 5.91 Å². The molecule has 1 atom stereocenters. The van der Waals surface area contributed by atoms with Crippen LogP contribution in [0.2, 0.25) is 10.0 Å². The minimum atomic E-state index is -4.43. The number of carbonyl (C=O) groups is 1. The van der Waals surface area contributed by atoms with Crippen LogP contribution in [0.1, 0.15) is 16.7 Å². The predicted molar refractivity (Wildman–Crippen MR) is 110 cm³/mol. The molecule has 0 bridgehead atoms. The van der Waals surface area contributed by atoms with Crippen molar-refractivity contribution in [2.45, 2.75) is 25.2 Å². The van der Waals surface area contributed by atoms with Gasteiger partial charge in [-0.3, -0.25) is 9.69 Å². The molecule has 0 spiro atoms. The lowest BCUT2D eigenvalue weighted by atomic mass is 10.1. The Hall–Kier alpha value is -1.80. The molecule has 1 aliphatic heterocycles. The molecule has 1 unspecified atom stereocenters. The molecule has 9 heteroatoms. The van der Waals surface area contributed by atoms with Gasteiger partial charge >= 0.3 is 6.18 Å². The molecule has 0 aliphatic carbocycles. The van der Waals surface area contributed by atoms with Crippen molar-refractivity contribution in [3.8, 4) is 0 Å². The number of carbonyl (C=O) groups excluding carboxylic acids is 1. The summed E-state index contributed by atoms with van der Waals surface area (Å²) in [5, 5.41) is 3.75. The Morgan fingerprint density at radius 3 is 2.67 bits per heavy atom. The molecule has 30 heavy (non-hydrogen) atoms. The van der Waals surface area contributed by atoms with Crippen LogP contribution in [0.15, 0.2) is 42.5 Å². The number of rotatable bonds is 6. The number of ether oxygens (including phenoxy) is 1. The van der Waals surface area contributed by atoms with Crippen molar-refractivity contribution >= 4 is 29.1 Å². The highest BCUT2D eigenvalue weighted by Gasteiger charge is 2.30. The second-order valence-corrected chi connectivity index (χ2v) is 7.97. The van der Waals surface area contributed by atoms with Crippen LogP contribution in [0.3, 0.4) is 0 Å². The second kappa shape index (κ2) is 10.0. The van der Waals surface area contributed by atoms with Gasteiger partial charge in [0.15, 0.2) is 0 Å². The van der Waals surface area contributed by atoms with Crippen LogP contribution < -0.4 is 5.32 Å². The Kier molecular flexibility index (Phi) is 7.63. The van der Waals surface area contributed by atoms with Gasteiger partial charge in [-0.25, -0.2) is 0 Å². The third-order valence-corrected chi connectivity index (χ3v) is 5.50. The number of amides is 1. The van der Waals surface area contributed by atoms with E-state index in [0.717, 1.165) is 24.2 Å². The molecule has 0 radical (unpaired) electrons. The number of benzene rings is 2. The molecule has 0 saturated carbocycles. The van der Waals surface area contributed by atoms with Crippen LogP contribution >= 0.6 is 23.2 Å². The van der Waals surface area contributed by atoms with E-state index < -0.39 is 11.7 Å². The fourth-order valence-corrected chi connectivity index (χ4v) is 3.60. The van der Waals surface area contributed by atoms with Gasteiger partial charge in [-0.05, 0) is 29.3 Å². The van der Waals surface area contributed by atoms with Crippen molar-refractivity contribution in [3.05, 3.63) is 69.2 Å². The highest BCUT2D eigenvalue weighted by molar-refractivity contribution is 6.42. The van der Waals surface area contributed by atoms with Crippen LogP contribution in [0.25, 0.3) is 0 Å². The summed E-state index contributed by atoms with van der Waals surface area (Å²) < 4.78 is 44.1. The van der Waals surface area contributed by atoms with E-state index in [1.165, 1.54) is 12.1 Å². The molecule has 4 nitrogen and oxygen atoms in total. The fourth-order valence-electron chi connectivity index (χ4n) is 3.28. The Morgan fingerprint density at radius 2 is 1.93 bits per heavy atom. The predicted octanol–water partition coefficient (Wildman–Crippen LogP) is 4.57. The molecular weight excluding hydrogens is 440 g/mol. The summed E-state index contributed by atoms with van der Waals surface area (Å²) in [6.45, 7) is 2.85. The Morgan fingerprint density at radius 1 is 1.13 bits per heavy atom. The zero-order chi connectivity index (χ0) is 21.7. The average Bonchev–Trinajstić information content (AvgIpc) is 2.69. The number of halogens is 5. The van der Waals surface area contributed by atoms with Crippen LogP contribution in [0.4, 0.5) is 13.2 Å². The van der Waals surface area contributed by atoms with Gasteiger partial charge in [-0.1, -0.05) is 47.5 Å². The SMILES string of the molecule is O=C(Cc1cccc(C(F)(F)F)c1)NCC1CN(Cc2ccc(Cl)c(Cl)c2)CCO1. The van der Waals surface area contributed by atoms with Gasteiger partial charge in [0, 0.05) is 26.2 Å². The largest absolute Gasteiger partial charge is 0.416 e. The maximum absolute atomic E-state index is 12.8. The van der Waals surface area contributed by atoms with Gasteiger partial charge in [0.1, 0.15) is 0 Å². The lowest BCUT2D eigenvalue weighted by Crippen LogP contribution is -2.47. The third kappa shape index (κ3) is 6.60. The first-order valence-electron chi connectivity index (χ1n) is 9.41. The molecule has 162 valence electrons. The van der Waals surface area contributed by atoms with E-state index in [4.69, 9.17) is 27.9 Å². The smallest absolute Gasteiger partial charge is 0.374 e. The van der Waals surface area contributed by atoms with E-state index in [-0.39, 0.29) is 25.0 Å². The number of nitrogens with one attached hydrogen (secondary N) is 1. The van der Waals surface area contributed by atoms with Gasteiger partial charge in [0.25, 0.3) is 0 Å². The maximum Gasteiger partial charge on any atom is 0.416 e. The minimum absolute atomic E-state index is 0.121. The summed E-state index contributed by atoms with van der Waals surface area (Å²) in [7, 11) is 0. The number of hydrogen-bond acceptors (Lipinski definition) is 3. The summed E-state index contributed by atoms with van der Waals surface area (Å²) >= 11 is 12.0.